The van der Waals surface area contributed by atoms with E-state index in [0.29, 0.717) is 31.8 Å². The van der Waals surface area contributed by atoms with E-state index in [4.69, 9.17) is 0 Å². The molecule has 114 valence electrons. The second-order valence-electron chi connectivity index (χ2n) is 7.10. The van der Waals surface area contributed by atoms with Crippen LogP contribution >= 0.6 is 0 Å². The summed E-state index contributed by atoms with van der Waals surface area (Å²) in [5.41, 5.74) is -0.775. The zero-order chi connectivity index (χ0) is 14.6. The Labute approximate surface area is 123 Å². The molecule has 3 atom stereocenters. The lowest BCUT2D eigenvalue weighted by Gasteiger charge is -2.39. The number of hydrogen-bond acceptors (Lipinski definition) is 3. The average Bonchev–Trinajstić information content (AvgIpc) is 3.15. The molecule has 2 aliphatic carbocycles. The standard InChI is InChI=1S/C15H21N3O3/c19-12(11-8-9-1-2-10(11)7-9)18-5-3-15(4-6-18)13(20)16-14(21)17-15/h9-11H,1-8H2,(H2,16,17,20,21). The number of likely N-dealkylation sites (tertiary alicyclic amines) is 1. The van der Waals surface area contributed by atoms with Crippen molar-refractivity contribution in [2.75, 3.05) is 13.1 Å². The van der Waals surface area contributed by atoms with Crippen molar-refractivity contribution >= 4 is 17.8 Å². The summed E-state index contributed by atoms with van der Waals surface area (Å²) in [5.74, 6) is 1.61. The monoisotopic (exact) mass is 291 g/mol. The summed E-state index contributed by atoms with van der Waals surface area (Å²) in [4.78, 5) is 37.8. The van der Waals surface area contributed by atoms with Crippen molar-refractivity contribution in [3.05, 3.63) is 0 Å². The van der Waals surface area contributed by atoms with Crippen LogP contribution in [0.25, 0.3) is 0 Å². The first kappa shape index (κ1) is 13.1. The predicted molar refractivity (Wildman–Crippen MR) is 74.2 cm³/mol. The lowest BCUT2D eigenvalue weighted by atomic mass is 9.84. The zero-order valence-electron chi connectivity index (χ0n) is 12.1. The summed E-state index contributed by atoms with van der Waals surface area (Å²) in [6.07, 6.45) is 5.84. The molecule has 6 heteroatoms. The van der Waals surface area contributed by atoms with Crippen LogP contribution in [0, 0.1) is 17.8 Å². The number of piperidine rings is 1. The Hall–Kier alpha value is -1.59. The first-order chi connectivity index (χ1) is 10.1. The Kier molecular flexibility index (Phi) is 2.78. The first-order valence-electron chi connectivity index (χ1n) is 8.00. The number of imide groups is 1. The van der Waals surface area contributed by atoms with Crippen LogP contribution in [0.3, 0.4) is 0 Å². The summed E-state index contributed by atoms with van der Waals surface area (Å²) >= 11 is 0. The number of carbonyl (C=O) groups excluding carboxylic acids is 3. The molecule has 2 heterocycles. The van der Waals surface area contributed by atoms with Gasteiger partial charge in [0.2, 0.25) is 5.91 Å². The number of rotatable bonds is 1. The fourth-order valence-corrected chi connectivity index (χ4v) is 4.77. The maximum atomic E-state index is 12.7. The number of fused-ring (bicyclic) bond motifs is 2. The average molecular weight is 291 g/mol. The van der Waals surface area contributed by atoms with Gasteiger partial charge in [0.15, 0.2) is 0 Å². The quantitative estimate of drug-likeness (QED) is 0.695. The molecule has 4 aliphatic rings. The van der Waals surface area contributed by atoms with Crippen LogP contribution in [0.4, 0.5) is 4.79 Å². The van der Waals surface area contributed by atoms with Gasteiger partial charge in [0.05, 0.1) is 0 Å². The van der Waals surface area contributed by atoms with Crippen LogP contribution in [-0.4, -0.2) is 41.4 Å². The molecule has 21 heavy (non-hydrogen) atoms. The van der Waals surface area contributed by atoms with E-state index in [-0.39, 0.29) is 17.7 Å². The minimum absolute atomic E-state index is 0.213. The molecule has 6 nitrogen and oxygen atoms in total. The first-order valence-corrected chi connectivity index (χ1v) is 8.00. The van der Waals surface area contributed by atoms with Crippen molar-refractivity contribution in [1.82, 2.24) is 15.5 Å². The van der Waals surface area contributed by atoms with Gasteiger partial charge in [0.25, 0.3) is 5.91 Å². The van der Waals surface area contributed by atoms with Gasteiger partial charge in [-0.3, -0.25) is 14.9 Å². The highest BCUT2D eigenvalue weighted by Crippen LogP contribution is 2.49. The van der Waals surface area contributed by atoms with Gasteiger partial charge in [-0.2, -0.15) is 0 Å². The van der Waals surface area contributed by atoms with Gasteiger partial charge < -0.3 is 10.2 Å². The van der Waals surface area contributed by atoms with Crippen molar-refractivity contribution in [1.29, 1.82) is 0 Å². The Bertz CT molecular complexity index is 510. The zero-order valence-corrected chi connectivity index (χ0v) is 12.1. The van der Waals surface area contributed by atoms with Crippen LogP contribution in [0.15, 0.2) is 0 Å². The molecule has 0 aromatic heterocycles. The van der Waals surface area contributed by atoms with E-state index in [0.717, 1.165) is 12.3 Å². The third-order valence-corrected chi connectivity index (χ3v) is 6.00. The summed E-state index contributed by atoms with van der Waals surface area (Å²) < 4.78 is 0. The van der Waals surface area contributed by atoms with Gasteiger partial charge in [-0.15, -0.1) is 0 Å². The predicted octanol–water partition coefficient (Wildman–Crippen LogP) is 0.623. The highest BCUT2D eigenvalue weighted by molar-refractivity contribution is 6.07. The summed E-state index contributed by atoms with van der Waals surface area (Å²) in [7, 11) is 0. The SMILES string of the molecule is O=C1NC(=O)C2(CCN(C(=O)C3CC4CCC3C4)CC2)N1. The molecule has 4 amide bonds. The molecule has 1 spiro atoms. The second kappa shape index (κ2) is 4.45. The second-order valence-corrected chi connectivity index (χ2v) is 7.10. The topological polar surface area (TPSA) is 78.5 Å². The van der Waals surface area contributed by atoms with Crippen LogP contribution in [-0.2, 0) is 9.59 Å². The smallest absolute Gasteiger partial charge is 0.322 e. The maximum absolute atomic E-state index is 12.7. The molecule has 2 bridgehead atoms. The van der Waals surface area contributed by atoms with Crippen molar-refractivity contribution in [3.63, 3.8) is 0 Å². The fourth-order valence-electron chi connectivity index (χ4n) is 4.77. The van der Waals surface area contributed by atoms with Crippen LogP contribution < -0.4 is 10.6 Å². The van der Waals surface area contributed by atoms with Crippen LogP contribution in [0.5, 0.6) is 0 Å². The number of nitrogens with zero attached hydrogens (tertiary/aromatic N) is 1. The third kappa shape index (κ3) is 1.95. The number of amides is 4. The van der Waals surface area contributed by atoms with E-state index in [1.165, 1.54) is 19.3 Å². The molecule has 3 unspecified atom stereocenters. The Morgan fingerprint density at radius 3 is 2.43 bits per heavy atom. The van der Waals surface area contributed by atoms with Gasteiger partial charge >= 0.3 is 6.03 Å². The van der Waals surface area contributed by atoms with Crippen LogP contribution in [0.1, 0.15) is 38.5 Å². The van der Waals surface area contributed by atoms with E-state index < -0.39 is 11.6 Å². The van der Waals surface area contributed by atoms with Gasteiger partial charge in [-0.1, -0.05) is 6.42 Å². The molecule has 4 fully saturated rings. The number of nitrogens with one attached hydrogen (secondary N) is 2. The van der Waals surface area contributed by atoms with E-state index in [1.54, 1.807) is 0 Å². The highest BCUT2D eigenvalue weighted by atomic mass is 16.2. The number of carbonyl (C=O) groups is 3. The van der Waals surface area contributed by atoms with E-state index in [2.05, 4.69) is 10.6 Å². The Morgan fingerprint density at radius 2 is 1.90 bits per heavy atom. The molecule has 0 aromatic carbocycles. The van der Waals surface area contributed by atoms with Crippen molar-refractivity contribution in [2.45, 2.75) is 44.1 Å². The summed E-state index contributed by atoms with van der Waals surface area (Å²) in [6, 6.07) is -0.409. The normalized spacial score (nSPS) is 37.0. The molecule has 0 radical (unpaired) electrons. The summed E-state index contributed by atoms with van der Waals surface area (Å²) in [6.45, 7) is 1.14. The van der Waals surface area contributed by atoms with Crippen LogP contribution in [0.2, 0.25) is 0 Å². The number of hydrogen-bond donors (Lipinski definition) is 2. The Morgan fingerprint density at radius 1 is 1.14 bits per heavy atom. The molecule has 4 rings (SSSR count). The lowest BCUT2D eigenvalue weighted by molar-refractivity contribution is -0.140. The van der Waals surface area contributed by atoms with Crippen molar-refractivity contribution in [2.24, 2.45) is 17.8 Å². The number of urea groups is 1. The van der Waals surface area contributed by atoms with E-state index in [9.17, 15) is 14.4 Å². The van der Waals surface area contributed by atoms with Gasteiger partial charge in [-0.25, -0.2) is 4.79 Å². The van der Waals surface area contributed by atoms with Gasteiger partial charge in [0, 0.05) is 19.0 Å². The molecule has 2 aliphatic heterocycles. The molecular formula is C15H21N3O3. The van der Waals surface area contributed by atoms with Crippen molar-refractivity contribution < 1.29 is 14.4 Å². The molecule has 2 saturated heterocycles. The van der Waals surface area contributed by atoms with Crippen molar-refractivity contribution in [3.8, 4) is 0 Å². The van der Waals surface area contributed by atoms with E-state index >= 15 is 0 Å². The minimum Gasteiger partial charge on any atom is -0.342 e. The summed E-state index contributed by atoms with van der Waals surface area (Å²) in [5, 5.41) is 5.04. The Balaban J connectivity index is 1.40. The van der Waals surface area contributed by atoms with Gasteiger partial charge in [-0.05, 0) is 43.9 Å². The maximum Gasteiger partial charge on any atom is 0.322 e. The molecule has 2 saturated carbocycles. The van der Waals surface area contributed by atoms with Gasteiger partial charge in [0.1, 0.15) is 5.54 Å². The largest absolute Gasteiger partial charge is 0.342 e. The van der Waals surface area contributed by atoms with E-state index in [1.807, 2.05) is 4.90 Å². The highest BCUT2D eigenvalue weighted by Gasteiger charge is 2.50. The molecular weight excluding hydrogens is 270 g/mol. The lowest BCUT2D eigenvalue weighted by Crippen LogP contribution is -2.56. The minimum atomic E-state index is -0.775. The fraction of sp³-hybridized carbons (Fsp3) is 0.800. The third-order valence-electron chi connectivity index (χ3n) is 6.00. The molecule has 0 aromatic rings. The molecule has 2 N–H and O–H groups in total.